The van der Waals surface area contributed by atoms with Gasteiger partial charge in [0.15, 0.2) is 0 Å². The number of aliphatic hydroxyl groups excluding tert-OH is 1. The molecule has 0 aromatic heterocycles. The number of hydrogen-bond donors (Lipinski definition) is 3. The zero-order valence-electron chi connectivity index (χ0n) is 13.1. The summed E-state index contributed by atoms with van der Waals surface area (Å²) < 4.78 is 0. The van der Waals surface area contributed by atoms with E-state index in [0.717, 1.165) is 17.4 Å². The smallest absolute Gasteiger partial charge is 0.277 e. The van der Waals surface area contributed by atoms with Crippen LogP contribution in [0, 0.1) is 0 Å². The van der Waals surface area contributed by atoms with Crippen LogP contribution in [0.3, 0.4) is 0 Å². The topological polar surface area (TPSA) is 98.7 Å². The molecule has 1 aromatic rings. The summed E-state index contributed by atoms with van der Waals surface area (Å²) in [5, 5.41) is 14.6. The van der Waals surface area contributed by atoms with Crippen molar-refractivity contribution in [1.29, 1.82) is 0 Å². The summed E-state index contributed by atoms with van der Waals surface area (Å²) in [7, 11) is 0. The number of carbonyl (C=O) groups excluding carboxylic acids is 3. The number of anilines is 1. The Hall–Kier alpha value is -2.38. The minimum absolute atomic E-state index is 0.0589. The zero-order chi connectivity index (χ0) is 17.7. The molecule has 0 saturated heterocycles. The number of β-amino-alcohol motifs (C(OH)–C–C–N with tert-alkyl or cyclic N) is 1. The first-order chi connectivity index (χ1) is 11.5. The van der Waals surface area contributed by atoms with Gasteiger partial charge in [0.25, 0.3) is 17.7 Å². The Kier molecular flexibility index (Phi) is 5.94. The molecule has 0 aliphatic carbocycles. The van der Waals surface area contributed by atoms with Crippen molar-refractivity contribution in [2.24, 2.45) is 0 Å². The number of nitrogens with zero attached hydrogens (tertiary/aromatic N) is 1. The van der Waals surface area contributed by atoms with E-state index in [2.05, 4.69) is 10.6 Å². The lowest BCUT2D eigenvalue weighted by atomic mass is 10.2. The predicted octanol–water partition coefficient (Wildman–Crippen LogP) is 1.14. The molecule has 1 aliphatic heterocycles. The van der Waals surface area contributed by atoms with E-state index in [4.69, 9.17) is 16.7 Å². The van der Waals surface area contributed by atoms with E-state index in [0.29, 0.717) is 17.8 Å². The van der Waals surface area contributed by atoms with Gasteiger partial charge in [0.2, 0.25) is 0 Å². The summed E-state index contributed by atoms with van der Waals surface area (Å²) in [6, 6.07) is 4.65. The van der Waals surface area contributed by atoms with Crippen molar-refractivity contribution in [1.82, 2.24) is 10.2 Å². The number of amides is 3. The number of halogens is 1. The second-order valence-electron chi connectivity index (χ2n) is 5.15. The van der Waals surface area contributed by atoms with Crippen molar-refractivity contribution in [3.63, 3.8) is 0 Å². The monoisotopic (exact) mass is 351 g/mol. The summed E-state index contributed by atoms with van der Waals surface area (Å²) >= 11 is 6.12. The average Bonchev–Trinajstić information content (AvgIpc) is 2.80. The van der Waals surface area contributed by atoms with E-state index < -0.39 is 11.8 Å². The van der Waals surface area contributed by atoms with Gasteiger partial charge in [-0.3, -0.25) is 19.3 Å². The minimum atomic E-state index is -0.519. The van der Waals surface area contributed by atoms with Crippen LogP contribution in [0.25, 0.3) is 0 Å². The second kappa shape index (κ2) is 7.94. The predicted molar refractivity (Wildman–Crippen MR) is 89.6 cm³/mol. The molecular weight excluding hydrogens is 334 g/mol. The van der Waals surface area contributed by atoms with Gasteiger partial charge in [-0.2, -0.15) is 0 Å². The van der Waals surface area contributed by atoms with E-state index in [9.17, 15) is 14.4 Å². The number of hydrogen-bond acceptors (Lipinski definition) is 5. The average molecular weight is 352 g/mol. The fourth-order valence-corrected chi connectivity index (χ4v) is 2.44. The van der Waals surface area contributed by atoms with Crippen molar-refractivity contribution < 1.29 is 19.5 Å². The van der Waals surface area contributed by atoms with Gasteiger partial charge in [0.05, 0.1) is 23.7 Å². The molecule has 8 heteroatoms. The van der Waals surface area contributed by atoms with Crippen LogP contribution in [-0.4, -0.2) is 47.4 Å². The fraction of sp³-hybridized carbons (Fsp3) is 0.312. The third-order valence-corrected chi connectivity index (χ3v) is 3.67. The van der Waals surface area contributed by atoms with Crippen LogP contribution in [-0.2, 0) is 9.59 Å². The molecule has 3 N–H and O–H groups in total. The van der Waals surface area contributed by atoms with Gasteiger partial charge in [0.1, 0.15) is 5.70 Å². The molecule has 0 radical (unpaired) electrons. The maximum atomic E-state index is 12.1. The third kappa shape index (κ3) is 3.93. The molecule has 3 amide bonds. The Morgan fingerprint density at radius 1 is 1.33 bits per heavy atom. The Morgan fingerprint density at radius 2 is 2.08 bits per heavy atom. The first-order valence-electron chi connectivity index (χ1n) is 7.51. The first kappa shape index (κ1) is 18.0. The number of rotatable bonds is 7. The number of imide groups is 1. The minimum Gasteiger partial charge on any atom is -0.395 e. The van der Waals surface area contributed by atoms with Crippen LogP contribution >= 0.6 is 11.6 Å². The van der Waals surface area contributed by atoms with Gasteiger partial charge in [-0.15, -0.1) is 0 Å². The molecule has 0 unspecified atom stereocenters. The van der Waals surface area contributed by atoms with E-state index in [1.165, 1.54) is 6.07 Å². The summed E-state index contributed by atoms with van der Waals surface area (Å²) in [6.07, 6.45) is 1.98. The Morgan fingerprint density at radius 3 is 2.71 bits per heavy atom. The molecule has 128 valence electrons. The Balaban J connectivity index is 2.10. The number of benzene rings is 1. The molecule has 0 spiro atoms. The lowest BCUT2D eigenvalue weighted by Crippen LogP contribution is -2.34. The molecule has 24 heavy (non-hydrogen) atoms. The molecule has 7 nitrogen and oxygen atoms in total. The number of aliphatic hydroxyl groups is 1. The van der Waals surface area contributed by atoms with Crippen LogP contribution in [0.1, 0.15) is 23.7 Å². The molecule has 1 aliphatic rings. The normalized spacial score (nSPS) is 14.0. The van der Waals surface area contributed by atoms with Gasteiger partial charge >= 0.3 is 0 Å². The third-order valence-electron chi connectivity index (χ3n) is 3.36. The SMILES string of the molecule is CCCNC(=O)c1ccc(NC2=CC(=O)N(CCO)C2=O)cc1Cl. The largest absolute Gasteiger partial charge is 0.395 e. The highest BCUT2D eigenvalue weighted by atomic mass is 35.5. The van der Waals surface area contributed by atoms with Crippen LogP contribution in [0.5, 0.6) is 0 Å². The molecular formula is C16H18ClN3O4. The van der Waals surface area contributed by atoms with E-state index >= 15 is 0 Å². The van der Waals surface area contributed by atoms with E-state index in [-0.39, 0.29) is 29.8 Å². The maximum Gasteiger partial charge on any atom is 0.277 e. The molecule has 0 saturated carbocycles. The summed E-state index contributed by atoms with van der Waals surface area (Å²) in [6.45, 7) is 2.14. The quantitative estimate of drug-likeness (QED) is 0.640. The highest BCUT2D eigenvalue weighted by Gasteiger charge is 2.30. The van der Waals surface area contributed by atoms with Crippen molar-refractivity contribution in [3.8, 4) is 0 Å². The van der Waals surface area contributed by atoms with Crippen LogP contribution in [0.2, 0.25) is 5.02 Å². The van der Waals surface area contributed by atoms with Gasteiger partial charge < -0.3 is 15.7 Å². The van der Waals surface area contributed by atoms with Gasteiger partial charge in [-0.05, 0) is 24.6 Å². The van der Waals surface area contributed by atoms with E-state index in [1.54, 1.807) is 12.1 Å². The first-order valence-corrected chi connectivity index (χ1v) is 7.89. The molecule has 0 bridgehead atoms. The van der Waals surface area contributed by atoms with E-state index in [1.807, 2.05) is 6.92 Å². The highest BCUT2D eigenvalue weighted by Crippen LogP contribution is 2.23. The van der Waals surface area contributed by atoms with Crippen LogP contribution in [0.4, 0.5) is 5.69 Å². The summed E-state index contributed by atoms with van der Waals surface area (Å²) in [5.41, 5.74) is 0.901. The zero-order valence-corrected chi connectivity index (χ0v) is 13.9. The fourth-order valence-electron chi connectivity index (χ4n) is 2.18. The van der Waals surface area contributed by atoms with Gasteiger partial charge in [-0.1, -0.05) is 18.5 Å². The second-order valence-corrected chi connectivity index (χ2v) is 5.56. The molecule has 1 aromatic carbocycles. The summed E-state index contributed by atoms with van der Waals surface area (Å²) in [4.78, 5) is 36.6. The van der Waals surface area contributed by atoms with Gasteiger partial charge in [-0.25, -0.2) is 0 Å². The Labute approximate surface area is 144 Å². The van der Waals surface area contributed by atoms with Crippen LogP contribution < -0.4 is 10.6 Å². The van der Waals surface area contributed by atoms with Crippen molar-refractivity contribution in [3.05, 3.63) is 40.6 Å². The summed E-state index contributed by atoms with van der Waals surface area (Å²) in [5.74, 6) is -1.28. The molecule has 0 atom stereocenters. The molecule has 2 rings (SSSR count). The highest BCUT2D eigenvalue weighted by molar-refractivity contribution is 6.34. The lowest BCUT2D eigenvalue weighted by Gasteiger charge is -2.14. The maximum absolute atomic E-state index is 12.1. The molecule has 0 fully saturated rings. The van der Waals surface area contributed by atoms with Crippen LogP contribution in [0.15, 0.2) is 30.0 Å². The molecule has 1 heterocycles. The van der Waals surface area contributed by atoms with Crippen molar-refractivity contribution in [2.75, 3.05) is 25.0 Å². The Bertz CT molecular complexity index is 703. The number of carbonyl (C=O) groups is 3. The standard InChI is InChI=1S/C16H18ClN3O4/c1-2-5-18-15(23)11-4-3-10(8-12(11)17)19-13-9-14(22)20(6-7-21)16(13)24/h3-4,8-9,19,21H,2,5-7H2,1H3,(H,18,23). The number of nitrogens with one attached hydrogen (secondary N) is 2. The van der Waals surface area contributed by atoms with Crippen molar-refractivity contribution in [2.45, 2.75) is 13.3 Å². The van der Waals surface area contributed by atoms with Gasteiger partial charge in [0, 0.05) is 18.3 Å². The lowest BCUT2D eigenvalue weighted by molar-refractivity contribution is -0.137. The van der Waals surface area contributed by atoms with Crippen molar-refractivity contribution >= 4 is 35.0 Å².